The summed E-state index contributed by atoms with van der Waals surface area (Å²) in [5, 5.41) is 0. The van der Waals surface area contributed by atoms with Gasteiger partial charge in [0.15, 0.2) is 5.78 Å². The molecule has 0 aliphatic heterocycles. The molecule has 1 nitrogen and oxygen atoms in total. The van der Waals surface area contributed by atoms with E-state index in [0.29, 0.717) is 5.75 Å². The maximum Gasteiger partial charge on any atom is 0.182 e. The van der Waals surface area contributed by atoms with Crippen LogP contribution in [0.2, 0.25) is 0 Å². The fraction of sp³-hybridized carbons (Fsp3) is 0.312. The molecule has 0 aliphatic carbocycles. The Morgan fingerprint density at radius 3 is 2.79 bits per heavy atom. The number of hydrogen-bond donors (Lipinski definition) is 0. The molecule has 2 rings (SSSR count). The van der Waals surface area contributed by atoms with Gasteiger partial charge >= 0.3 is 0 Å². The molecule has 0 spiro atoms. The topological polar surface area (TPSA) is 17.1 Å². The largest absolute Gasteiger partial charge is 0.292 e. The van der Waals surface area contributed by atoms with Crippen molar-refractivity contribution in [1.82, 2.24) is 0 Å². The van der Waals surface area contributed by atoms with Crippen molar-refractivity contribution in [3.63, 3.8) is 0 Å². The second-order valence-electron chi connectivity index (χ2n) is 4.52. The van der Waals surface area contributed by atoms with E-state index in [2.05, 4.69) is 44.2 Å². The Morgan fingerprint density at radius 2 is 2.11 bits per heavy atom. The molecule has 0 aliphatic rings. The predicted molar refractivity (Wildman–Crippen MR) is 85.4 cm³/mol. The number of carbonyl (C=O) groups is 1. The van der Waals surface area contributed by atoms with Crippen molar-refractivity contribution in [2.24, 2.45) is 0 Å². The van der Waals surface area contributed by atoms with Gasteiger partial charge in [0.05, 0.1) is 10.6 Å². The summed E-state index contributed by atoms with van der Waals surface area (Å²) >= 11 is 3.32. The SMILES string of the molecule is CCc1ccc(C(=O)CSCc2cccc(C)c2)s1. The fourth-order valence-corrected chi connectivity index (χ4v) is 3.69. The molecular formula is C16H18OS2. The number of carbonyl (C=O) groups excluding carboxylic acids is 1. The first-order valence-electron chi connectivity index (χ1n) is 6.44. The zero-order valence-corrected chi connectivity index (χ0v) is 12.9. The average Bonchev–Trinajstić information content (AvgIpc) is 2.87. The van der Waals surface area contributed by atoms with Gasteiger partial charge in [-0.3, -0.25) is 4.79 Å². The minimum absolute atomic E-state index is 0.252. The van der Waals surface area contributed by atoms with Crippen molar-refractivity contribution in [3.8, 4) is 0 Å². The first kappa shape index (κ1) is 14.4. The van der Waals surface area contributed by atoms with Crippen LogP contribution in [0.1, 0.15) is 32.6 Å². The molecule has 0 unspecified atom stereocenters. The number of Topliss-reactive ketones (excluding diaryl/α,β-unsaturated/α-hetero) is 1. The summed E-state index contributed by atoms with van der Waals surface area (Å²) in [5.41, 5.74) is 2.56. The standard InChI is InChI=1S/C16H18OS2/c1-3-14-7-8-16(19-14)15(17)11-18-10-13-6-4-5-12(2)9-13/h4-9H,3,10-11H2,1-2H3. The highest BCUT2D eigenvalue weighted by Crippen LogP contribution is 2.20. The summed E-state index contributed by atoms with van der Waals surface area (Å²) in [6.45, 7) is 4.21. The summed E-state index contributed by atoms with van der Waals surface area (Å²) in [5.74, 6) is 1.72. The van der Waals surface area contributed by atoms with Gasteiger partial charge in [-0.1, -0.05) is 36.8 Å². The number of hydrogen-bond acceptors (Lipinski definition) is 3. The maximum atomic E-state index is 12.0. The van der Waals surface area contributed by atoms with E-state index < -0.39 is 0 Å². The molecule has 2 aromatic rings. The lowest BCUT2D eigenvalue weighted by molar-refractivity contribution is 0.102. The average molecular weight is 290 g/mol. The van der Waals surface area contributed by atoms with Gasteiger partial charge in [0.25, 0.3) is 0 Å². The molecule has 0 saturated heterocycles. The van der Waals surface area contributed by atoms with Crippen LogP contribution in [0.15, 0.2) is 36.4 Å². The summed E-state index contributed by atoms with van der Waals surface area (Å²) in [6, 6.07) is 12.5. The van der Waals surface area contributed by atoms with Gasteiger partial charge in [-0.05, 0) is 31.0 Å². The lowest BCUT2D eigenvalue weighted by Gasteiger charge is -2.02. The molecule has 0 N–H and O–H groups in total. The lowest BCUT2D eigenvalue weighted by atomic mass is 10.2. The Morgan fingerprint density at radius 1 is 1.26 bits per heavy atom. The molecule has 0 saturated carbocycles. The molecule has 1 aromatic heterocycles. The smallest absolute Gasteiger partial charge is 0.182 e. The molecular weight excluding hydrogens is 272 g/mol. The summed E-state index contributed by atoms with van der Waals surface area (Å²) in [7, 11) is 0. The van der Waals surface area contributed by atoms with Gasteiger partial charge in [-0.2, -0.15) is 0 Å². The van der Waals surface area contributed by atoms with E-state index in [1.165, 1.54) is 16.0 Å². The number of thioether (sulfide) groups is 1. The van der Waals surface area contributed by atoms with Crippen molar-refractivity contribution in [2.45, 2.75) is 26.0 Å². The predicted octanol–water partition coefficient (Wildman–Crippen LogP) is 4.74. The number of ketones is 1. The molecule has 0 radical (unpaired) electrons. The van der Waals surface area contributed by atoms with Crippen molar-refractivity contribution >= 4 is 28.9 Å². The fourth-order valence-electron chi connectivity index (χ4n) is 1.85. The third-order valence-corrected chi connectivity index (χ3v) is 5.14. The van der Waals surface area contributed by atoms with Crippen LogP contribution in [0.4, 0.5) is 0 Å². The Kier molecular flexibility index (Phi) is 5.23. The summed E-state index contributed by atoms with van der Waals surface area (Å²) < 4.78 is 0. The first-order chi connectivity index (χ1) is 9.19. The molecule has 1 heterocycles. The third-order valence-electron chi connectivity index (χ3n) is 2.87. The number of aryl methyl sites for hydroxylation is 2. The van der Waals surface area contributed by atoms with Crippen molar-refractivity contribution < 1.29 is 4.79 Å². The lowest BCUT2D eigenvalue weighted by Crippen LogP contribution is -1.99. The van der Waals surface area contributed by atoms with E-state index in [1.807, 2.05) is 6.07 Å². The van der Waals surface area contributed by atoms with E-state index >= 15 is 0 Å². The number of thiophene rings is 1. The van der Waals surface area contributed by atoms with E-state index in [1.54, 1.807) is 23.1 Å². The van der Waals surface area contributed by atoms with Gasteiger partial charge < -0.3 is 0 Å². The number of benzene rings is 1. The maximum absolute atomic E-state index is 12.0. The zero-order valence-electron chi connectivity index (χ0n) is 11.3. The Hall–Kier alpha value is -1.06. The quantitative estimate of drug-likeness (QED) is 0.715. The molecule has 19 heavy (non-hydrogen) atoms. The Balaban J connectivity index is 1.84. The molecule has 0 bridgehead atoms. The minimum atomic E-state index is 0.252. The van der Waals surface area contributed by atoms with Crippen molar-refractivity contribution in [1.29, 1.82) is 0 Å². The summed E-state index contributed by atoms with van der Waals surface area (Å²) in [6.07, 6.45) is 1.01. The van der Waals surface area contributed by atoms with E-state index in [0.717, 1.165) is 17.1 Å². The summed E-state index contributed by atoms with van der Waals surface area (Å²) in [4.78, 5) is 14.2. The second-order valence-corrected chi connectivity index (χ2v) is 6.68. The van der Waals surface area contributed by atoms with E-state index in [9.17, 15) is 4.79 Å². The van der Waals surface area contributed by atoms with Gasteiger partial charge in [0.2, 0.25) is 0 Å². The Bertz CT molecular complexity index is 557. The third kappa shape index (κ3) is 4.22. The first-order valence-corrected chi connectivity index (χ1v) is 8.41. The van der Waals surface area contributed by atoms with Crippen LogP contribution in [0, 0.1) is 6.92 Å². The molecule has 0 fully saturated rings. The van der Waals surface area contributed by atoms with Crippen LogP contribution < -0.4 is 0 Å². The minimum Gasteiger partial charge on any atom is -0.292 e. The molecule has 1 aromatic carbocycles. The Labute approximate surface area is 123 Å². The highest BCUT2D eigenvalue weighted by molar-refractivity contribution is 7.99. The van der Waals surface area contributed by atoms with Gasteiger partial charge in [-0.15, -0.1) is 23.1 Å². The van der Waals surface area contributed by atoms with Gasteiger partial charge in [0, 0.05) is 10.6 Å². The van der Waals surface area contributed by atoms with Crippen LogP contribution in [0.5, 0.6) is 0 Å². The van der Waals surface area contributed by atoms with Crippen LogP contribution >= 0.6 is 23.1 Å². The monoisotopic (exact) mass is 290 g/mol. The van der Waals surface area contributed by atoms with Gasteiger partial charge in [0.1, 0.15) is 0 Å². The highest BCUT2D eigenvalue weighted by Gasteiger charge is 2.08. The van der Waals surface area contributed by atoms with E-state index in [-0.39, 0.29) is 5.78 Å². The molecule has 0 amide bonds. The van der Waals surface area contributed by atoms with Crippen LogP contribution in [0.3, 0.4) is 0 Å². The zero-order chi connectivity index (χ0) is 13.7. The molecule has 0 atom stereocenters. The van der Waals surface area contributed by atoms with Crippen LogP contribution in [-0.4, -0.2) is 11.5 Å². The molecule has 3 heteroatoms. The molecule has 100 valence electrons. The normalized spacial score (nSPS) is 10.6. The van der Waals surface area contributed by atoms with Crippen LogP contribution in [-0.2, 0) is 12.2 Å². The number of rotatable bonds is 6. The van der Waals surface area contributed by atoms with Crippen LogP contribution in [0.25, 0.3) is 0 Å². The van der Waals surface area contributed by atoms with Crippen molar-refractivity contribution in [2.75, 3.05) is 5.75 Å². The second kappa shape index (κ2) is 6.92. The van der Waals surface area contributed by atoms with Gasteiger partial charge in [-0.25, -0.2) is 0 Å². The van der Waals surface area contributed by atoms with Crippen molar-refractivity contribution in [3.05, 3.63) is 57.3 Å². The van der Waals surface area contributed by atoms with E-state index in [4.69, 9.17) is 0 Å². The highest BCUT2D eigenvalue weighted by atomic mass is 32.2.